The molecule has 0 radical (unpaired) electrons. The monoisotopic (exact) mass is 379 g/mol. The van der Waals surface area contributed by atoms with Crippen molar-refractivity contribution in [2.45, 2.75) is 6.54 Å². The van der Waals surface area contributed by atoms with E-state index in [2.05, 4.69) is 21.2 Å². The molecule has 3 nitrogen and oxygen atoms in total. The molecule has 1 aromatic carbocycles. The van der Waals surface area contributed by atoms with E-state index in [1.54, 1.807) is 23.6 Å². The van der Waals surface area contributed by atoms with Crippen LogP contribution in [-0.2, 0) is 6.54 Å². The molecule has 0 unspecified atom stereocenters. The molecule has 2 aromatic rings. The molecule has 0 saturated carbocycles. The zero-order valence-electron chi connectivity index (χ0n) is 9.41. The number of anilines is 1. The molecule has 0 aliphatic heterocycles. The molecular formula is C12H8BrCl2NO2S. The minimum absolute atomic E-state index is 0.326. The number of hydrogen-bond donors (Lipinski definition) is 2. The maximum atomic E-state index is 11.0. The van der Waals surface area contributed by atoms with Crippen LogP contribution in [0.1, 0.15) is 15.2 Å². The second-order valence-electron chi connectivity index (χ2n) is 3.66. The van der Waals surface area contributed by atoms with E-state index in [1.807, 2.05) is 0 Å². The van der Waals surface area contributed by atoms with Gasteiger partial charge in [0, 0.05) is 11.0 Å². The molecule has 0 aliphatic carbocycles. The van der Waals surface area contributed by atoms with Crippen molar-refractivity contribution < 1.29 is 9.90 Å². The Bertz CT molecular complexity index is 630. The van der Waals surface area contributed by atoms with Gasteiger partial charge in [0.15, 0.2) is 0 Å². The number of nitrogens with one attached hydrogen (secondary N) is 1. The van der Waals surface area contributed by atoms with Crippen LogP contribution in [-0.4, -0.2) is 11.1 Å². The molecule has 1 aromatic heterocycles. The van der Waals surface area contributed by atoms with Crippen molar-refractivity contribution in [3.63, 3.8) is 0 Å². The highest BCUT2D eigenvalue weighted by atomic mass is 79.9. The van der Waals surface area contributed by atoms with Gasteiger partial charge in [-0.1, -0.05) is 23.2 Å². The summed E-state index contributed by atoms with van der Waals surface area (Å²) >= 11 is 16.6. The summed E-state index contributed by atoms with van der Waals surface area (Å²) in [7, 11) is 0. The average molecular weight is 381 g/mol. The van der Waals surface area contributed by atoms with Crippen molar-refractivity contribution >= 4 is 62.1 Å². The molecule has 0 fully saturated rings. The first kappa shape index (κ1) is 14.7. The average Bonchev–Trinajstić information content (AvgIpc) is 2.84. The van der Waals surface area contributed by atoms with Gasteiger partial charge in [0.05, 0.1) is 15.7 Å². The second-order valence-corrected chi connectivity index (χ2v) is 6.18. The van der Waals surface area contributed by atoms with Crippen LogP contribution in [0.5, 0.6) is 0 Å². The summed E-state index contributed by atoms with van der Waals surface area (Å²) in [5.74, 6) is -0.924. The molecule has 0 amide bonds. The Kier molecular flexibility index (Phi) is 4.73. The van der Waals surface area contributed by atoms with Gasteiger partial charge < -0.3 is 10.4 Å². The SMILES string of the molecule is O=C(O)c1sccc1CNc1ccc(Br)c(Cl)c1Cl. The van der Waals surface area contributed by atoms with E-state index in [0.717, 1.165) is 0 Å². The number of carbonyl (C=O) groups is 1. The summed E-state index contributed by atoms with van der Waals surface area (Å²) < 4.78 is 0.714. The summed E-state index contributed by atoms with van der Waals surface area (Å²) in [5, 5.41) is 14.7. The van der Waals surface area contributed by atoms with Crippen molar-refractivity contribution in [1.82, 2.24) is 0 Å². The Hall–Kier alpha value is -0.750. The largest absolute Gasteiger partial charge is 0.477 e. The van der Waals surface area contributed by atoms with Crippen molar-refractivity contribution in [3.8, 4) is 0 Å². The number of benzene rings is 1. The van der Waals surface area contributed by atoms with Crippen molar-refractivity contribution in [3.05, 3.63) is 48.5 Å². The van der Waals surface area contributed by atoms with E-state index in [0.29, 0.717) is 37.2 Å². The maximum Gasteiger partial charge on any atom is 0.346 e. The van der Waals surface area contributed by atoms with Crippen molar-refractivity contribution in [2.75, 3.05) is 5.32 Å². The number of carboxylic acids is 1. The lowest BCUT2D eigenvalue weighted by Crippen LogP contribution is -2.04. The number of hydrogen-bond acceptors (Lipinski definition) is 3. The third-order valence-electron chi connectivity index (χ3n) is 2.45. The van der Waals surface area contributed by atoms with Gasteiger partial charge in [-0.2, -0.15) is 0 Å². The molecule has 7 heteroatoms. The van der Waals surface area contributed by atoms with Crippen molar-refractivity contribution in [1.29, 1.82) is 0 Å². The molecule has 0 aliphatic rings. The lowest BCUT2D eigenvalue weighted by atomic mass is 10.2. The standard InChI is InChI=1S/C12H8BrCl2NO2S/c13-7-1-2-8(10(15)9(7)14)16-5-6-3-4-19-11(6)12(17)18/h1-4,16H,5H2,(H,17,18). The first-order chi connectivity index (χ1) is 9.00. The summed E-state index contributed by atoms with van der Waals surface area (Å²) in [6, 6.07) is 5.34. The molecule has 2 rings (SSSR count). The summed E-state index contributed by atoms with van der Waals surface area (Å²) in [4.78, 5) is 11.3. The fourth-order valence-corrected chi connectivity index (χ4v) is 3.12. The van der Waals surface area contributed by atoms with Crippen molar-refractivity contribution in [2.24, 2.45) is 0 Å². The topological polar surface area (TPSA) is 49.3 Å². The minimum Gasteiger partial charge on any atom is -0.477 e. The fourth-order valence-electron chi connectivity index (χ4n) is 1.52. The lowest BCUT2D eigenvalue weighted by Gasteiger charge is -2.10. The molecule has 0 atom stereocenters. The summed E-state index contributed by atoms with van der Waals surface area (Å²) in [6.07, 6.45) is 0. The highest BCUT2D eigenvalue weighted by Gasteiger charge is 2.13. The van der Waals surface area contributed by atoms with Gasteiger partial charge in [-0.05, 0) is 45.1 Å². The van der Waals surface area contributed by atoms with E-state index in [-0.39, 0.29) is 0 Å². The van der Waals surface area contributed by atoms with E-state index >= 15 is 0 Å². The highest BCUT2D eigenvalue weighted by Crippen LogP contribution is 2.36. The summed E-state index contributed by atoms with van der Waals surface area (Å²) in [6.45, 7) is 0.378. The normalized spacial score (nSPS) is 10.5. The third kappa shape index (κ3) is 3.23. The van der Waals surface area contributed by atoms with Crippen LogP contribution in [0.3, 0.4) is 0 Å². The molecule has 0 bridgehead atoms. The molecule has 2 N–H and O–H groups in total. The van der Waals surface area contributed by atoms with Gasteiger partial charge in [0.25, 0.3) is 0 Å². The molecular weight excluding hydrogens is 373 g/mol. The Balaban J connectivity index is 2.17. The van der Waals surface area contributed by atoms with E-state index < -0.39 is 5.97 Å². The maximum absolute atomic E-state index is 11.0. The van der Waals surface area contributed by atoms with E-state index in [1.165, 1.54) is 11.3 Å². The van der Waals surface area contributed by atoms with E-state index in [4.69, 9.17) is 28.3 Å². The number of thiophene rings is 1. The lowest BCUT2D eigenvalue weighted by molar-refractivity contribution is 0.0701. The highest BCUT2D eigenvalue weighted by molar-refractivity contribution is 9.10. The molecule has 0 spiro atoms. The molecule has 19 heavy (non-hydrogen) atoms. The Morgan fingerprint density at radius 1 is 1.32 bits per heavy atom. The van der Waals surface area contributed by atoms with Gasteiger partial charge in [0.1, 0.15) is 4.88 Å². The van der Waals surface area contributed by atoms with Gasteiger partial charge in [-0.25, -0.2) is 4.79 Å². The Labute approximate surface area is 132 Å². The zero-order valence-corrected chi connectivity index (χ0v) is 13.3. The summed E-state index contributed by atoms with van der Waals surface area (Å²) in [5.41, 5.74) is 1.38. The van der Waals surface area contributed by atoms with Crippen LogP contribution in [0.2, 0.25) is 10.0 Å². The predicted octanol–water partition coefficient (Wildman–Crippen LogP) is 5.13. The van der Waals surface area contributed by atoms with Gasteiger partial charge in [-0.15, -0.1) is 11.3 Å². The number of halogens is 3. The Morgan fingerprint density at radius 2 is 2.05 bits per heavy atom. The van der Waals surface area contributed by atoms with Crippen LogP contribution >= 0.6 is 50.5 Å². The minimum atomic E-state index is -0.924. The molecule has 100 valence electrons. The molecule has 1 heterocycles. The number of aromatic carboxylic acids is 1. The van der Waals surface area contributed by atoms with Crippen LogP contribution in [0.25, 0.3) is 0 Å². The van der Waals surface area contributed by atoms with E-state index in [9.17, 15) is 4.79 Å². The van der Waals surface area contributed by atoms with Crippen LogP contribution in [0.15, 0.2) is 28.1 Å². The Morgan fingerprint density at radius 3 is 2.74 bits per heavy atom. The van der Waals surface area contributed by atoms with Crippen LogP contribution < -0.4 is 5.32 Å². The number of carboxylic acid groups (broad SMARTS) is 1. The zero-order chi connectivity index (χ0) is 14.0. The first-order valence-electron chi connectivity index (χ1n) is 5.17. The smallest absolute Gasteiger partial charge is 0.346 e. The van der Waals surface area contributed by atoms with Gasteiger partial charge in [-0.3, -0.25) is 0 Å². The quantitative estimate of drug-likeness (QED) is 0.723. The second kappa shape index (κ2) is 6.13. The molecule has 0 saturated heterocycles. The third-order valence-corrected chi connectivity index (χ3v) is 5.16. The van der Waals surface area contributed by atoms with Crippen LogP contribution in [0.4, 0.5) is 5.69 Å². The first-order valence-corrected chi connectivity index (χ1v) is 7.60. The van der Waals surface area contributed by atoms with Gasteiger partial charge in [0.2, 0.25) is 0 Å². The fraction of sp³-hybridized carbons (Fsp3) is 0.0833. The predicted molar refractivity (Wildman–Crippen MR) is 82.8 cm³/mol. The number of rotatable bonds is 4. The van der Waals surface area contributed by atoms with Crippen LogP contribution in [0, 0.1) is 0 Å². The van der Waals surface area contributed by atoms with Gasteiger partial charge >= 0.3 is 5.97 Å².